The van der Waals surface area contributed by atoms with Gasteiger partial charge in [-0.3, -0.25) is 4.79 Å². The summed E-state index contributed by atoms with van der Waals surface area (Å²) in [7, 11) is 0. The molecule has 0 aliphatic carbocycles. The summed E-state index contributed by atoms with van der Waals surface area (Å²) in [5.74, 6) is -1.31. The van der Waals surface area contributed by atoms with Crippen molar-refractivity contribution in [2.75, 3.05) is 18.5 Å². The summed E-state index contributed by atoms with van der Waals surface area (Å²) in [5.41, 5.74) is 3.26. The number of rotatable bonds is 9. The molecule has 1 heterocycles. The molecule has 1 N–H and O–H groups in total. The molecule has 0 fully saturated rings. The highest BCUT2D eigenvalue weighted by molar-refractivity contribution is 5.93. The highest BCUT2D eigenvalue weighted by Gasteiger charge is 2.18. The summed E-state index contributed by atoms with van der Waals surface area (Å²) in [4.78, 5) is 24.7. The van der Waals surface area contributed by atoms with Crippen molar-refractivity contribution < 1.29 is 23.5 Å². The lowest BCUT2D eigenvalue weighted by Crippen LogP contribution is -2.18. The van der Waals surface area contributed by atoms with Crippen LogP contribution in [0.1, 0.15) is 23.0 Å². The van der Waals surface area contributed by atoms with Gasteiger partial charge in [0.2, 0.25) is 5.91 Å². The summed E-state index contributed by atoms with van der Waals surface area (Å²) >= 11 is 0. The summed E-state index contributed by atoms with van der Waals surface area (Å²) in [5, 5.41) is 7.16. The van der Waals surface area contributed by atoms with E-state index in [1.807, 2.05) is 36.4 Å². The van der Waals surface area contributed by atoms with E-state index in [1.165, 1.54) is 16.8 Å². The topological polar surface area (TPSA) is 82.5 Å². The van der Waals surface area contributed by atoms with Crippen LogP contribution in [0.3, 0.4) is 0 Å². The smallest absolute Gasteiger partial charge is 0.358 e. The average Bonchev–Trinajstić information content (AvgIpc) is 3.31. The van der Waals surface area contributed by atoms with Gasteiger partial charge in [0, 0.05) is 11.3 Å². The van der Waals surface area contributed by atoms with Gasteiger partial charge in [-0.05, 0) is 48.9 Å². The van der Waals surface area contributed by atoms with Crippen LogP contribution in [0.2, 0.25) is 0 Å². The molecular formula is C27H24FN3O4. The number of esters is 1. The first-order chi connectivity index (χ1) is 17.0. The van der Waals surface area contributed by atoms with Crippen molar-refractivity contribution in [3.05, 3.63) is 102 Å². The van der Waals surface area contributed by atoms with Gasteiger partial charge in [-0.2, -0.15) is 5.10 Å². The lowest BCUT2D eigenvalue weighted by Gasteiger charge is -2.10. The van der Waals surface area contributed by atoms with Crippen LogP contribution in [-0.4, -0.2) is 34.9 Å². The lowest BCUT2D eigenvalue weighted by atomic mass is 10.1. The standard InChI is InChI=1S/C27H24FN3O4/c1-2-35-27(33)24-16-25(31(30-24)23-13-7-11-21(28)15-23)20-10-6-12-22(14-20)29-26(32)18-34-17-19-8-4-3-5-9-19/h3-16H,2,17-18H2,1H3,(H,29,32). The first-order valence-corrected chi connectivity index (χ1v) is 11.1. The number of ether oxygens (including phenoxy) is 2. The molecule has 3 aromatic carbocycles. The highest BCUT2D eigenvalue weighted by Crippen LogP contribution is 2.27. The third kappa shape index (κ3) is 6.18. The maximum absolute atomic E-state index is 13.9. The molecule has 0 aliphatic heterocycles. The normalized spacial score (nSPS) is 10.7. The van der Waals surface area contributed by atoms with Gasteiger partial charge in [-0.1, -0.05) is 48.5 Å². The predicted molar refractivity (Wildman–Crippen MR) is 130 cm³/mol. The van der Waals surface area contributed by atoms with E-state index in [0.29, 0.717) is 29.2 Å². The van der Waals surface area contributed by atoms with Crippen molar-refractivity contribution in [2.45, 2.75) is 13.5 Å². The molecule has 1 amide bonds. The number of carbonyl (C=O) groups is 2. The van der Waals surface area contributed by atoms with Crippen LogP contribution in [0, 0.1) is 5.82 Å². The van der Waals surface area contributed by atoms with Crippen LogP contribution in [0.25, 0.3) is 16.9 Å². The minimum absolute atomic E-state index is 0.0925. The molecule has 35 heavy (non-hydrogen) atoms. The van der Waals surface area contributed by atoms with Crippen molar-refractivity contribution in [2.24, 2.45) is 0 Å². The fourth-order valence-corrected chi connectivity index (χ4v) is 3.49. The van der Waals surface area contributed by atoms with E-state index < -0.39 is 11.8 Å². The van der Waals surface area contributed by atoms with Gasteiger partial charge in [0.15, 0.2) is 5.69 Å². The average molecular weight is 474 g/mol. The molecule has 0 saturated heterocycles. The Bertz CT molecular complexity index is 1320. The molecule has 7 nitrogen and oxygen atoms in total. The van der Waals surface area contributed by atoms with Gasteiger partial charge in [0.25, 0.3) is 0 Å². The Hall–Kier alpha value is -4.30. The number of carbonyl (C=O) groups excluding carboxylic acids is 2. The highest BCUT2D eigenvalue weighted by atomic mass is 19.1. The maximum Gasteiger partial charge on any atom is 0.358 e. The first-order valence-electron chi connectivity index (χ1n) is 11.1. The Balaban J connectivity index is 1.54. The van der Waals surface area contributed by atoms with Crippen molar-refractivity contribution in [3.63, 3.8) is 0 Å². The van der Waals surface area contributed by atoms with Crippen LogP contribution in [0.4, 0.5) is 10.1 Å². The van der Waals surface area contributed by atoms with Gasteiger partial charge in [-0.15, -0.1) is 0 Å². The monoisotopic (exact) mass is 473 g/mol. The summed E-state index contributed by atoms with van der Waals surface area (Å²) in [6.45, 7) is 2.14. The number of anilines is 1. The maximum atomic E-state index is 13.9. The van der Waals surface area contributed by atoms with E-state index in [2.05, 4.69) is 10.4 Å². The zero-order valence-corrected chi connectivity index (χ0v) is 19.1. The Kier molecular flexibility index (Phi) is 7.64. The first kappa shape index (κ1) is 23.8. The van der Waals surface area contributed by atoms with Crippen LogP contribution in [0.5, 0.6) is 0 Å². The fourth-order valence-electron chi connectivity index (χ4n) is 3.49. The number of amides is 1. The van der Waals surface area contributed by atoms with E-state index in [9.17, 15) is 14.0 Å². The Labute approximate surface area is 202 Å². The quantitative estimate of drug-likeness (QED) is 0.346. The molecule has 4 rings (SSSR count). The molecule has 0 bridgehead atoms. The number of hydrogen-bond acceptors (Lipinski definition) is 5. The third-order valence-corrected chi connectivity index (χ3v) is 5.03. The minimum atomic E-state index is -0.580. The van der Waals surface area contributed by atoms with Crippen molar-refractivity contribution in [3.8, 4) is 16.9 Å². The van der Waals surface area contributed by atoms with E-state index in [-0.39, 0.29) is 24.8 Å². The van der Waals surface area contributed by atoms with Gasteiger partial charge in [0.05, 0.1) is 24.6 Å². The molecule has 8 heteroatoms. The van der Waals surface area contributed by atoms with Gasteiger partial charge in [0.1, 0.15) is 12.4 Å². The van der Waals surface area contributed by atoms with Crippen LogP contribution >= 0.6 is 0 Å². The number of aromatic nitrogens is 2. The molecule has 1 aromatic heterocycles. The second-order valence-electron chi connectivity index (χ2n) is 7.63. The van der Waals surface area contributed by atoms with E-state index >= 15 is 0 Å². The molecule has 0 radical (unpaired) electrons. The van der Waals surface area contributed by atoms with E-state index in [4.69, 9.17) is 9.47 Å². The largest absolute Gasteiger partial charge is 0.461 e. The third-order valence-electron chi connectivity index (χ3n) is 5.03. The Morgan fingerprint density at radius 2 is 1.77 bits per heavy atom. The molecule has 178 valence electrons. The van der Waals surface area contributed by atoms with Crippen molar-refractivity contribution >= 4 is 17.6 Å². The van der Waals surface area contributed by atoms with Crippen molar-refractivity contribution in [1.82, 2.24) is 9.78 Å². The van der Waals surface area contributed by atoms with E-state index in [1.54, 1.807) is 43.3 Å². The molecule has 0 atom stereocenters. The number of hydrogen-bond donors (Lipinski definition) is 1. The van der Waals surface area contributed by atoms with Gasteiger partial charge < -0.3 is 14.8 Å². The zero-order chi connectivity index (χ0) is 24.6. The second kappa shape index (κ2) is 11.2. The van der Waals surface area contributed by atoms with Gasteiger partial charge in [-0.25, -0.2) is 13.9 Å². The molecule has 4 aromatic rings. The lowest BCUT2D eigenvalue weighted by molar-refractivity contribution is -0.121. The van der Waals surface area contributed by atoms with Crippen molar-refractivity contribution in [1.29, 1.82) is 0 Å². The molecule has 0 spiro atoms. The second-order valence-corrected chi connectivity index (χ2v) is 7.63. The number of nitrogens with zero attached hydrogens (tertiary/aromatic N) is 2. The molecular weight excluding hydrogens is 449 g/mol. The minimum Gasteiger partial charge on any atom is -0.461 e. The van der Waals surface area contributed by atoms with Crippen LogP contribution in [-0.2, 0) is 20.9 Å². The number of nitrogens with one attached hydrogen (secondary N) is 1. The summed E-state index contributed by atoms with van der Waals surface area (Å²) in [6, 6.07) is 24.1. The number of benzene rings is 3. The Morgan fingerprint density at radius 1 is 0.971 bits per heavy atom. The SMILES string of the molecule is CCOC(=O)c1cc(-c2cccc(NC(=O)COCc3ccccc3)c2)n(-c2cccc(F)c2)n1. The Morgan fingerprint density at radius 3 is 2.54 bits per heavy atom. The predicted octanol–water partition coefficient (Wildman–Crippen LogP) is 5.01. The summed E-state index contributed by atoms with van der Waals surface area (Å²) in [6.07, 6.45) is 0. The number of halogens is 1. The molecule has 0 unspecified atom stereocenters. The molecule has 0 saturated carbocycles. The van der Waals surface area contributed by atoms with E-state index in [0.717, 1.165) is 5.56 Å². The van der Waals surface area contributed by atoms with Crippen LogP contribution in [0.15, 0.2) is 84.9 Å². The van der Waals surface area contributed by atoms with Crippen LogP contribution < -0.4 is 5.32 Å². The molecule has 0 aliphatic rings. The zero-order valence-electron chi connectivity index (χ0n) is 19.1. The fraction of sp³-hybridized carbons (Fsp3) is 0.148. The summed E-state index contributed by atoms with van der Waals surface area (Å²) < 4.78 is 25.9. The van der Waals surface area contributed by atoms with Gasteiger partial charge >= 0.3 is 5.97 Å².